The predicted molar refractivity (Wildman–Crippen MR) is 78.7 cm³/mol. The fraction of sp³-hybridized carbons (Fsp3) is 0.600. The van der Waals surface area contributed by atoms with E-state index in [0.717, 1.165) is 13.1 Å². The fourth-order valence-corrected chi connectivity index (χ4v) is 2.67. The Morgan fingerprint density at radius 2 is 2.14 bits per heavy atom. The molecular formula is C15H22N2O5. The molecule has 0 saturated carbocycles. The third-order valence-electron chi connectivity index (χ3n) is 4.01. The first-order valence-electron chi connectivity index (χ1n) is 7.40. The Bertz CT molecular complexity index is 510. The molecule has 2 saturated heterocycles. The van der Waals surface area contributed by atoms with E-state index in [1.807, 2.05) is 6.08 Å². The van der Waals surface area contributed by atoms with Gasteiger partial charge in [0.2, 0.25) is 0 Å². The highest BCUT2D eigenvalue weighted by Gasteiger charge is 2.51. The van der Waals surface area contributed by atoms with E-state index >= 15 is 0 Å². The summed E-state index contributed by atoms with van der Waals surface area (Å²) in [6, 6.07) is -0.870. The van der Waals surface area contributed by atoms with Crippen LogP contribution in [0, 0.1) is 0 Å². The zero-order valence-corrected chi connectivity index (χ0v) is 13.1. The van der Waals surface area contributed by atoms with E-state index in [9.17, 15) is 14.7 Å². The van der Waals surface area contributed by atoms with Gasteiger partial charge in [0, 0.05) is 24.7 Å². The van der Waals surface area contributed by atoms with E-state index in [2.05, 4.69) is 23.5 Å². The molecule has 0 aromatic heterocycles. The zero-order chi connectivity index (χ0) is 16.3. The van der Waals surface area contributed by atoms with Crippen molar-refractivity contribution < 1.29 is 24.2 Å². The number of hydrogen-bond acceptors (Lipinski definition) is 6. The van der Waals surface area contributed by atoms with Gasteiger partial charge in [-0.1, -0.05) is 13.8 Å². The average molecular weight is 310 g/mol. The minimum atomic E-state index is -0.983. The van der Waals surface area contributed by atoms with Gasteiger partial charge in [-0.2, -0.15) is 0 Å². The summed E-state index contributed by atoms with van der Waals surface area (Å²) < 4.78 is 10.3. The van der Waals surface area contributed by atoms with Gasteiger partial charge in [-0.05, 0) is 19.2 Å². The summed E-state index contributed by atoms with van der Waals surface area (Å²) in [4.78, 5) is 26.7. The van der Waals surface area contributed by atoms with E-state index < -0.39 is 18.0 Å². The van der Waals surface area contributed by atoms with Crippen LogP contribution in [-0.4, -0.2) is 65.9 Å². The maximum atomic E-state index is 11.6. The van der Waals surface area contributed by atoms with Crippen LogP contribution in [0.3, 0.4) is 0 Å². The SMILES string of the molecule is CCN(CC)C/C=C1\O[C@@H]2C/C(=C/C(=O)OC)N2[C@H]1C(=O)O. The van der Waals surface area contributed by atoms with E-state index in [1.54, 1.807) is 4.90 Å². The molecule has 0 radical (unpaired) electrons. The second-order valence-electron chi connectivity index (χ2n) is 5.18. The number of hydrogen-bond donors (Lipinski definition) is 1. The topological polar surface area (TPSA) is 79.3 Å². The fourth-order valence-electron chi connectivity index (χ4n) is 2.67. The Labute approximate surface area is 129 Å². The van der Waals surface area contributed by atoms with E-state index in [-0.39, 0.29) is 6.23 Å². The molecule has 2 heterocycles. The number of methoxy groups -OCH3 is 1. The van der Waals surface area contributed by atoms with Crippen molar-refractivity contribution in [1.82, 2.24) is 9.80 Å². The molecule has 0 bridgehead atoms. The smallest absolute Gasteiger partial charge is 0.334 e. The third kappa shape index (κ3) is 3.09. The highest BCUT2D eigenvalue weighted by atomic mass is 16.5. The number of carbonyl (C=O) groups is 2. The van der Waals surface area contributed by atoms with E-state index in [4.69, 9.17) is 4.74 Å². The van der Waals surface area contributed by atoms with Crippen molar-refractivity contribution in [3.8, 4) is 0 Å². The third-order valence-corrected chi connectivity index (χ3v) is 4.01. The van der Waals surface area contributed by atoms with Crippen molar-refractivity contribution in [3.05, 3.63) is 23.6 Å². The van der Waals surface area contributed by atoms with Gasteiger partial charge in [0.1, 0.15) is 5.76 Å². The highest BCUT2D eigenvalue weighted by Crippen LogP contribution is 2.42. The molecule has 7 heteroatoms. The highest BCUT2D eigenvalue weighted by molar-refractivity contribution is 5.84. The molecule has 0 aliphatic carbocycles. The number of ether oxygens (including phenoxy) is 2. The van der Waals surface area contributed by atoms with Gasteiger partial charge in [-0.3, -0.25) is 0 Å². The molecule has 7 nitrogen and oxygen atoms in total. The molecule has 2 rings (SSSR count). The van der Waals surface area contributed by atoms with Crippen LogP contribution in [0.5, 0.6) is 0 Å². The second-order valence-corrected chi connectivity index (χ2v) is 5.18. The summed E-state index contributed by atoms with van der Waals surface area (Å²) in [6.45, 7) is 6.52. The normalized spacial score (nSPS) is 26.8. The van der Waals surface area contributed by atoms with Crippen LogP contribution in [0.25, 0.3) is 0 Å². The van der Waals surface area contributed by atoms with Crippen molar-refractivity contribution in [2.24, 2.45) is 0 Å². The number of fused-ring (bicyclic) bond motifs is 1. The van der Waals surface area contributed by atoms with Gasteiger partial charge in [0.05, 0.1) is 7.11 Å². The lowest BCUT2D eigenvalue weighted by Crippen LogP contribution is -2.48. The molecule has 0 unspecified atom stereocenters. The summed E-state index contributed by atoms with van der Waals surface area (Å²) in [5, 5.41) is 9.47. The molecule has 122 valence electrons. The van der Waals surface area contributed by atoms with Gasteiger partial charge < -0.3 is 24.4 Å². The van der Waals surface area contributed by atoms with Crippen LogP contribution >= 0.6 is 0 Å². The molecule has 2 aliphatic heterocycles. The number of aliphatic carboxylic acids is 1. The summed E-state index contributed by atoms with van der Waals surface area (Å²) in [5.41, 5.74) is 0.635. The van der Waals surface area contributed by atoms with Crippen LogP contribution in [0.15, 0.2) is 23.6 Å². The Morgan fingerprint density at radius 3 is 2.68 bits per heavy atom. The minimum Gasteiger partial charge on any atom is -0.479 e. The molecular weight excluding hydrogens is 288 g/mol. The van der Waals surface area contributed by atoms with Crippen LogP contribution in [0.2, 0.25) is 0 Å². The lowest BCUT2D eigenvalue weighted by atomic mass is 10.0. The number of carboxylic acid groups (broad SMARTS) is 1. The first kappa shape index (κ1) is 16.4. The molecule has 1 N–H and O–H groups in total. The number of carboxylic acids is 1. The summed E-state index contributed by atoms with van der Waals surface area (Å²) in [6.07, 6.45) is 3.35. The average Bonchev–Trinajstić information content (AvgIpc) is 2.78. The molecule has 2 atom stereocenters. The molecule has 2 fully saturated rings. The summed E-state index contributed by atoms with van der Waals surface area (Å²) >= 11 is 0. The first-order chi connectivity index (χ1) is 10.5. The standard InChI is InChI=1S/C15H22N2O5/c1-4-16(5-2)7-6-11-14(15(19)20)17-10(8-12(17)22-11)9-13(18)21-3/h6,9,12,14H,4-5,7-8H2,1-3H3,(H,19,20)/b10-9-,11-6-/t12-,14-/m1/s1. The van der Waals surface area contributed by atoms with E-state index in [1.165, 1.54) is 13.2 Å². The quantitative estimate of drug-likeness (QED) is 0.574. The van der Waals surface area contributed by atoms with E-state index in [0.29, 0.717) is 24.4 Å². The first-order valence-corrected chi connectivity index (χ1v) is 7.40. The number of carbonyl (C=O) groups excluding carboxylic acids is 1. The number of likely N-dealkylation sites (N-methyl/N-ethyl adjacent to an activating group) is 1. The van der Waals surface area contributed by atoms with Crippen molar-refractivity contribution >= 4 is 11.9 Å². The van der Waals surface area contributed by atoms with Crippen molar-refractivity contribution in [1.29, 1.82) is 0 Å². The summed E-state index contributed by atoms with van der Waals surface area (Å²) in [7, 11) is 1.29. The summed E-state index contributed by atoms with van der Waals surface area (Å²) in [5.74, 6) is -1.03. The lowest BCUT2D eigenvalue weighted by Gasteiger charge is -2.38. The predicted octanol–water partition coefficient (Wildman–Crippen LogP) is 0.784. The molecule has 0 aromatic carbocycles. The minimum absolute atomic E-state index is 0.306. The number of rotatable bonds is 6. The second kappa shape index (κ2) is 6.83. The van der Waals surface area contributed by atoms with Gasteiger partial charge in [0.15, 0.2) is 12.3 Å². The zero-order valence-electron chi connectivity index (χ0n) is 13.1. The molecule has 0 amide bonds. The number of esters is 1. The molecule has 2 aliphatic rings. The maximum Gasteiger partial charge on any atom is 0.334 e. The van der Waals surface area contributed by atoms with Crippen LogP contribution in [0.1, 0.15) is 20.3 Å². The van der Waals surface area contributed by atoms with Gasteiger partial charge in [-0.15, -0.1) is 0 Å². The maximum absolute atomic E-state index is 11.6. The number of nitrogens with zero attached hydrogens (tertiary/aromatic N) is 2. The van der Waals surface area contributed by atoms with Gasteiger partial charge in [0.25, 0.3) is 0 Å². The van der Waals surface area contributed by atoms with Crippen LogP contribution in [0.4, 0.5) is 0 Å². The Balaban J connectivity index is 2.15. The van der Waals surface area contributed by atoms with Crippen LogP contribution < -0.4 is 0 Å². The molecule has 0 aromatic rings. The van der Waals surface area contributed by atoms with Crippen LogP contribution in [-0.2, 0) is 19.1 Å². The van der Waals surface area contributed by atoms with Crippen molar-refractivity contribution in [3.63, 3.8) is 0 Å². The van der Waals surface area contributed by atoms with Gasteiger partial charge >= 0.3 is 11.9 Å². The van der Waals surface area contributed by atoms with Crippen molar-refractivity contribution in [2.45, 2.75) is 32.5 Å². The Morgan fingerprint density at radius 1 is 1.45 bits per heavy atom. The van der Waals surface area contributed by atoms with Gasteiger partial charge in [-0.25, -0.2) is 9.59 Å². The Hall–Kier alpha value is -2.02. The monoisotopic (exact) mass is 310 g/mol. The molecule has 0 spiro atoms. The van der Waals surface area contributed by atoms with Crippen molar-refractivity contribution in [2.75, 3.05) is 26.7 Å². The lowest BCUT2D eigenvalue weighted by molar-refractivity contribution is -0.142. The Kier molecular flexibility index (Phi) is 5.07. The largest absolute Gasteiger partial charge is 0.479 e. The molecule has 22 heavy (non-hydrogen) atoms.